The topological polar surface area (TPSA) is 46.3 Å². The monoisotopic (exact) mass is 459 g/mol. The Bertz CT molecular complexity index is 1460. The first-order chi connectivity index (χ1) is 17.3. The Kier molecular flexibility index (Phi) is 5.39. The van der Waals surface area contributed by atoms with Crippen LogP contribution in [0.1, 0.15) is 23.6 Å². The van der Waals surface area contributed by atoms with Crippen molar-refractivity contribution in [3.63, 3.8) is 0 Å². The van der Waals surface area contributed by atoms with E-state index < -0.39 is 0 Å². The van der Waals surface area contributed by atoms with Crippen LogP contribution in [0.2, 0.25) is 0 Å². The van der Waals surface area contributed by atoms with Crippen molar-refractivity contribution in [2.75, 3.05) is 5.01 Å². The Morgan fingerprint density at radius 3 is 2.14 bits per heavy atom. The fraction of sp³-hybridized carbons (Fsp3) is 0.0690. The van der Waals surface area contributed by atoms with E-state index in [-0.39, 0.29) is 11.9 Å². The molecule has 0 amide bonds. The van der Waals surface area contributed by atoms with Gasteiger partial charge < -0.3 is 0 Å². The number of benzene rings is 3. The van der Waals surface area contributed by atoms with E-state index in [0.29, 0.717) is 6.42 Å². The molecule has 5 nitrogen and oxygen atoms in total. The molecule has 35 heavy (non-hydrogen) atoms. The molecule has 1 atom stereocenters. The van der Waals surface area contributed by atoms with E-state index in [0.717, 1.165) is 39.5 Å². The summed E-state index contributed by atoms with van der Waals surface area (Å²) >= 11 is 0. The second kappa shape index (κ2) is 8.99. The minimum absolute atomic E-state index is 0.0925. The van der Waals surface area contributed by atoms with E-state index in [9.17, 15) is 4.39 Å². The van der Waals surface area contributed by atoms with Gasteiger partial charge in [-0.25, -0.2) is 9.07 Å². The first-order valence-electron chi connectivity index (χ1n) is 11.5. The number of rotatable bonds is 5. The first kappa shape index (κ1) is 21.0. The molecule has 6 heteroatoms. The molecule has 0 fully saturated rings. The van der Waals surface area contributed by atoms with Gasteiger partial charge in [0.05, 0.1) is 28.8 Å². The zero-order valence-corrected chi connectivity index (χ0v) is 18.9. The van der Waals surface area contributed by atoms with Crippen LogP contribution in [0.3, 0.4) is 0 Å². The first-order valence-corrected chi connectivity index (χ1v) is 11.5. The number of hydrogen-bond acceptors (Lipinski definition) is 4. The van der Waals surface area contributed by atoms with Crippen molar-refractivity contribution >= 4 is 11.4 Å². The number of hydrazone groups is 1. The highest BCUT2D eigenvalue weighted by Gasteiger charge is 2.33. The summed E-state index contributed by atoms with van der Waals surface area (Å²) in [4.78, 5) is 4.33. The van der Waals surface area contributed by atoms with Gasteiger partial charge in [0.15, 0.2) is 0 Å². The van der Waals surface area contributed by atoms with E-state index in [2.05, 4.69) is 23.3 Å². The number of pyridine rings is 1. The average molecular weight is 460 g/mol. The fourth-order valence-corrected chi connectivity index (χ4v) is 4.46. The molecule has 3 heterocycles. The van der Waals surface area contributed by atoms with E-state index in [1.165, 1.54) is 12.1 Å². The van der Waals surface area contributed by atoms with Crippen molar-refractivity contribution in [1.82, 2.24) is 14.8 Å². The van der Waals surface area contributed by atoms with Gasteiger partial charge in [-0.3, -0.25) is 9.99 Å². The maximum atomic E-state index is 13.6. The van der Waals surface area contributed by atoms with Crippen molar-refractivity contribution < 1.29 is 4.39 Å². The third-order valence-corrected chi connectivity index (χ3v) is 6.17. The standard InChI is InChI=1S/C29H22FN5/c30-23-15-13-21(14-16-23)27-18-28(35(32-27)25-11-5-2-6-12-25)26-20-34(24-9-3-1-4-10-24)33-29(26)22-8-7-17-31-19-22/h1-17,19-20,28H,18H2/t28-/m0/s1. The lowest BCUT2D eigenvalue weighted by molar-refractivity contribution is 0.627. The van der Waals surface area contributed by atoms with Gasteiger partial charge in [-0.15, -0.1) is 0 Å². The summed E-state index contributed by atoms with van der Waals surface area (Å²) in [5.74, 6) is -0.258. The predicted octanol–water partition coefficient (Wildman–Crippen LogP) is 6.43. The lowest BCUT2D eigenvalue weighted by Gasteiger charge is -2.23. The van der Waals surface area contributed by atoms with Crippen LogP contribution in [0.4, 0.5) is 10.1 Å². The number of nitrogens with zero attached hydrogens (tertiary/aromatic N) is 5. The fourth-order valence-electron chi connectivity index (χ4n) is 4.46. The molecule has 0 N–H and O–H groups in total. The highest BCUT2D eigenvalue weighted by molar-refractivity contribution is 6.03. The Morgan fingerprint density at radius 1 is 0.743 bits per heavy atom. The third kappa shape index (κ3) is 4.10. The summed E-state index contributed by atoms with van der Waals surface area (Å²) in [6, 6.07) is 30.6. The molecule has 0 saturated heterocycles. The van der Waals surface area contributed by atoms with E-state index in [4.69, 9.17) is 10.2 Å². The van der Waals surface area contributed by atoms with Crippen LogP contribution in [0.15, 0.2) is 121 Å². The van der Waals surface area contributed by atoms with Crippen LogP contribution in [-0.2, 0) is 0 Å². The summed E-state index contributed by atoms with van der Waals surface area (Å²) in [7, 11) is 0. The molecule has 6 rings (SSSR count). The Labute approximate surface area is 202 Å². The number of halogens is 1. The molecule has 3 aromatic carbocycles. The molecule has 0 aliphatic carbocycles. The quantitative estimate of drug-likeness (QED) is 0.304. The zero-order valence-electron chi connectivity index (χ0n) is 18.9. The van der Waals surface area contributed by atoms with Crippen LogP contribution in [0.25, 0.3) is 16.9 Å². The molecule has 5 aromatic rings. The van der Waals surface area contributed by atoms with Gasteiger partial charge in [-0.05, 0) is 54.1 Å². The molecule has 0 saturated carbocycles. The Morgan fingerprint density at radius 2 is 1.46 bits per heavy atom. The van der Waals surface area contributed by atoms with Crippen molar-refractivity contribution in [2.45, 2.75) is 12.5 Å². The highest BCUT2D eigenvalue weighted by Crippen LogP contribution is 2.40. The summed E-state index contributed by atoms with van der Waals surface area (Å²) in [6.45, 7) is 0. The molecule has 1 aliphatic heterocycles. The third-order valence-electron chi connectivity index (χ3n) is 6.17. The van der Waals surface area contributed by atoms with Gasteiger partial charge in [0.25, 0.3) is 0 Å². The zero-order chi connectivity index (χ0) is 23.6. The van der Waals surface area contributed by atoms with Crippen LogP contribution < -0.4 is 5.01 Å². The minimum Gasteiger partial charge on any atom is -0.264 e. The number of aromatic nitrogens is 3. The van der Waals surface area contributed by atoms with Crippen molar-refractivity contribution in [3.8, 4) is 16.9 Å². The summed E-state index contributed by atoms with van der Waals surface area (Å²) < 4.78 is 15.5. The van der Waals surface area contributed by atoms with Gasteiger partial charge >= 0.3 is 0 Å². The maximum Gasteiger partial charge on any atom is 0.123 e. The summed E-state index contributed by atoms with van der Waals surface area (Å²) in [5, 5.41) is 12.0. The lowest BCUT2D eigenvalue weighted by Crippen LogP contribution is -2.18. The van der Waals surface area contributed by atoms with Crippen molar-refractivity contribution in [1.29, 1.82) is 0 Å². The molecule has 170 valence electrons. The highest BCUT2D eigenvalue weighted by atomic mass is 19.1. The van der Waals surface area contributed by atoms with Crippen molar-refractivity contribution in [3.05, 3.63) is 133 Å². The van der Waals surface area contributed by atoms with Gasteiger partial charge in [-0.1, -0.05) is 48.5 Å². The molecule has 0 unspecified atom stereocenters. The second-order valence-electron chi connectivity index (χ2n) is 8.41. The van der Waals surface area contributed by atoms with Gasteiger partial charge in [-0.2, -0.15) is 10.2 Å². The average Bonchev–Trinajstić information content (AvgIpc) is 3.56. The normalized spacial score (nSPS) is 15.3. The molecule has 1 aliphatic rings. The minimum atomic E-state index is -0.258. The summed E-state index contributed by atoms with van der Waals surface area (Å²) in [5.41, 5.74) is 6.64. The van der Waals surface area contributed by atoms with Crippen LogP contribution in [0, 0.1) is 5.82 Å². The van der Waals surface area contributed by atoms with Gasteiger partial charge in [0, 0.05) is 36.1 Å². The molecule has 2 aromatic heterocycles. The molecular formula is C29H22FN5. The molecule has 0 bridgehead atoms. The number of para-hydroxylation sites is 2. The van der Waals surface area contributed by atoms with Crippen molar-refractivity contribution in [2.24, 2.45) is 5.10 Å². The number of anilines is 1. The van der Waals surface area contributed by atoms with Crippen LogP contribution in [-0.4, -0.2) is 20.5 Å². The largest absolute Gasteiger partial charge is 0.264 e. The number of hydrogen-bond donors (Lipinski definition) is 0. The Balaban J connectivity index is 1.49. The lowest BCUT2D eigenvalue weighted by atomic mass is 9.96. The SMILES string of the molecule is Fc1ccc(C2=NN(c3ccccc3)[C@H](c3cn(-c4ccccc4)nc3-c3cccnc3)C2)cc1. The summed E-state index contributed by atoms with van der Waals surface area (Å²) in [6.07, 6.45) is 6.35. The van der Waals surface area contributed by atoms with Crippen LogP contribution >= 0.6 is 0 Å². The smallest absolute Gasteiger partial charge is 0.123 e. The van der Waals surface area contributed by atoms with E-state index >= 15 is 0 Å². The predicted molar refractivity (Wildman–Crippen MR) is 136 cm³/mol. The molecule has 0 spiro atoms. The molecule has 0 radical (unpaired) electrons. The second-order valence-corrected chi connectivity index (χ2v) is 8.41. The molecular weight excluding hydrogens is 437 g/mol. The van der Waals surface area contributed by atoms with Gasteiger partial charge in [0.1, 0.15) is 5.82 Å². The van der Waals surface area contributed by atoms with Gasteiger partial charge in [0.2, 0.25) is 0 Å². The maximum absolute atomic E-state index is 13.6. The van der Waals surface area contributed by atoms with E-state index in [1.54, 1.807) is 18.3 Å². The van der Waals surface area contributed by atoms with Crippen LogP contribution in [0.5, 0.6) is 0 Å². The van der Waals surface area contributed by atoms with E-state index in [1.807, 2.05) is 76.6 Å². The Hall–Kier alpha value is -4.58.